The molecule has 1 aliphatic rings. The minimum Gasteiger partial charge on any atom is -0.468 e. The Balaban J connectivity index is 2.98. The van der Waals surface area contributed by atoms with Crippen LogP contribution in [0.15, 0.2) is 0 Å². The molecule has 0 aromatic rings. The van der Waals surface area contributed by atoms with E-state index in [-0.39, 0.29) is 17.7 Å². The third-order valence-corrected chi connectivity index (χ3v) is 4.57. The molecule has 0 aromatic carbocycles. The molecule has 0 heterocycles. The minimum atomic E-state index is -0.920. The first-order chi connectivity index (χ1) is 8.63. The van der Waals surface area contributed by atoms with Crippen LogP contribution >= 0.6 is 22.6 Å². The van der Waals surface area contributed by atoms with Crippen molar-refractivity contribution >= 4 is 34.3 Å². The molecule has 1 saturated carbocycles. The number of hydrogen-bond donors (Lipinski definition) is 0. The molecule has 0 spiro atoms. The number of methoxy groups -OCH3 is 1. The van der Waals surface area contributed by atoms with E-state index in [4.69, 9.17) is 11.2 Å². The van der Waals surface area contributed by atoms with Crippen LogP contribution in [0.25, 0.3) is 0 Å². The lowest BCUT2D eigenvalue weighted by Gasteiger charge is -2.31. The predicted octanol–water partition coefficient (Wildman–Crippen LogP) is 2.75. The summed E-state index contributed by atoms with van der Waals surface area (Å²) in [5.74, 6) is 2.33. The number of Topliss-reactive ketones (excluding diaryl/α,β-unsaturated/α-hetero) is 1. The molecule has 0 N–H and O–H groups in total. The summed E-state index contributed by atoms with van der Waals surface area (Å²) in [5, 5.41) is 0. The van der Waals surface area contributed by atoms with E-state index in [0.29, 0.717) is 19.3 Å². The first-order valence-corrected chi connectivity index (χ1v) is 7.77. The van der Waals surface area contributed by atoms with Crippen LogP contribution in [0.4, 0.5) is 0 Å². The molecule has 3 nitrogen and oxygen atoms in total. The van der Waals surface area contributed by atoms with Crippen molar-refractivity contribution in [2.24, 2.45) is 11.3 Å². The summed E-state index contributed by atoms with van der Waals surface area (Å²) >= 11 is 2.26. The lowest BCUT2D eigenvalue weighted by atomic mass is 9.72. The number of carbonyl (C=O) groups excluding carboxylic acids is 2. The van der Waals surface area contributed by atoms with Gasteiger partial charge in [-0.25, -0.2) is 0 Å². The van der Waals surface area contributed by atoms with Crippen molar-refractivity contribution < 1.29 is 14.3 Å². The van der Waals surface area contributed by atoms with E-state index in [1.165, 1.54) is 7.11 Å². The quantitative estimate of drug-likeness (QED) is 0.240. The minimum absolute atomic E-state index is 0.0428. The Morgan fingerprint density at radius 1 is 1.67 bits per heavy atom. The fraction of sp³-hybridized carbons (Fsp3) is 0.714. The van der Waals surface area contributed by atoms with Crippen molar-refractivity contribution in [1.82, 2.24) is 0 Å². The maximum absolute atomic E-state index is 12.2. The van der Waals surface area contributed by atoms with Crippen molar-refractivity contribution in [3.8, 4) is 12.3 Å². The van der Waals surface area contributed by atoms with Gasteiger partial charge in [0.1, 0.15) is 11.2 Å². The number of hydrogen-bond acceptors (Lipinski definition) is 3. The summed E-state index contributed by atoms with van der Waals surface area (Å²) in [7, 11) is 1.36. The van der Waals surface area contributed by atoms with E-state index in [1.807, 2.05) is 0 Å². The van der Waals surface area contributed by atoms with Gasteiger partial charge in [-0.05, 0) is 36.0 Å². The normalized spacial score (nSPS) is 26.9. The number of ketones is 1. The smallest absolute Gasteiger partial charge is 0.319 e. The fourth-order valence-corrected chi connectivity index (χ4v) is 3.29. The molecule has 1 fully saturated rings. The molecule has 4 heteroatoms. The number of carbonyl (C=O) groups is 2. The third-order valence-electron chi connectivity index (χ3n) is 3.81. The summed E-state index contributed by atoms with van der Waals surface area (Å²) in [6.45, 7) is 0. The molecule has 0 amide bonds. The molecule has 18 heavy (non-hydrogen) atoms. The molecule has 0 unspecified atom stereocenters. The lowest BCUT2D eigenvalue weighted by Crippen LogP contribution is -2.42. The Morgan fingerprint density at radius 2 is 2.39 bits per heavy atom. The summed E-state index contributed by atoms with van der Waals surface area (Å²) in [4.78, 5) is 24.3. The van der Waals surface area contributed by atoms with E-state index in [9.17, 15) is 9.59 Å². The Morgan fingerprint density at radius 3 is 2.94 bits per heavy atom. The van der Waals surface area contributed by atoms with Gasteiger partial charge in [-0.15, -0.1) is 12.3 Å². The topological polar surface area (TPSA) is 43.4 Å². The first kappa shape index (κ1) is 15.5. The van der Waals surface area contributed by atoms with Gasteiger partial charge in [-0.3, -0.25) is 9.59 Å². The number of halogens is 1. The van der Waals surface area contributed by atoms with Crippen molar-refractivity contribution in [1.29, 1.82) is 0 Å². The van der Waals surface area contributed by atoms with E-state index in [0.717, 1.165) is 23.7 Å². The molecule has 0 saturated heterocycles. The monoisotopic (exact) mass is 362 g/mol. The van der Waals surface area contributed by atoms with Gasteiger partial charge in [-0.1, -0.05) is 22.6 Å². The molecule has 0 aromatic heterocycles. The van der Waals surface area contributed by atoms with Gasteiger partial charge in [0, 0.05) is 12.8 Å². The van der Waals surface area contributed by atoms with Gasteiger partial charge in [0.25, 0.3) is 0 Å². The molecular weight excluding hydrogens is 343 g/mol. The van der Waals surface area contributed by atoms with Crippen molar-refractivity contribution in [3.05, 3.63) is 0 Å². The van der Waals surface area contributed by atoms with Gasteiger partial charge >= 0.3 is 5.97 Å². The van der Waals surface area contributed by atoms with Crippen molar-refractivity contribution in [3.63, 3.8) is 0 Å². The van der Waals surface area contributed by atoms with E-state index in [2.05, 4.69) is 28.5 Å². The second kappa shape index (κ2) is 7.13. The predicted molar refractivity (Wildman–Crippen MR) is 78.4 cm³/mol. The maximum Gasteiger partial charge on any atom is 0.319 e. The van der Waals surface area contributed by atoms with E-state index >= 15 is 0 Å². The molecule has 0 aliphatic heterocycles. The molecule has 2 atom stereocenters. The van der Waals surface area contributed by atoms with Crippen molar-refractivity contribution in [2.45, 2.75) is 38.5 Å². The zero-order valence-electron chi connectivity index (χ0n) is 10.7. The number of terminal acetylenes is 1. The number of alkyl halides is 1. The molecule has 0 bridgehead atoms. The van der Waals surface area contributed by atoms with Crippen LogP contribution in [0.2, 0.25) is 0 Å². The van der Waals surface area contributed by atoms with Gasteiger partial charge in [-0.2, -0.15) is 0 Å². The highest BCUT2D eigenvalue weighted by Crippen LogP contribution is 2.47. The van der Waals surface area contributed by atoms with Gasteiger partial charge in [0.15, 0.2) is 0 Å². The van der Waals surface area contributed by atoms with Crippen LogP contribution < -0.4 is 0 Å². The molecule has 100 valence electrons. The van der Waals surface area contributed by atoms with Crippen LogP contribution in [0.1, 0.15) is 38.5 Å². The fourth-order valence-electron chi connectivity index (χ4n) is 2.90. The largest absolute Gasteiger partial charge is 0.468 e. The third kappa shape index (κ3) is 2.87. The number of ether oxygens (including phenoxy) is 1. The first-order valence-electron chi connectivity index (χ1n) is 6.24. The van der Waals surface area contributed by atoms with Crippen molar-refractivity contribution in [2.75, 3.05) is 11.5 Å². The highest BCUT2D eigenvalue weighted by atomic mass is 127. The summed E-state index contributed by atoms with van der Waals surface area (Å²) in [6.07, 6.45) is 9.32. The average Bonchev–Trinajstić information content (AvgIpc) is 2.70. The molecule has 1 rings (SSSR count). The van der Waals surface area contributed by atoms with Crippen LogP contribution in [-0.2, 0) is 14.3 Å². The molecule has 0 radical (unpaired) electrons. The molecular formula is C14H19IO3. The van der Waals surface area contributed by atoms with Gasteiger partial charge in [0.2, 0.25) is 0 Å². The summed E-state index contributed by atoms with van der Waals surface area (Å²) in [6, 6.07) is 0. The van der Waals surface area contributed by atoms with Crippen LogP contribution in [0, 0.1) is 23.7 Å². The Labute approximate surface area is 122 Å². The van der Waals surface area contributed by atoms with E-state index in [1.54, 1.807) is 0 Å². The number of esters is 1. The summed E-state index contributed by atoms with van der Waals surface area (Å²) in [5.41, 5.74) is -0.920. The zero-order chi connectivity index (χ0) is 13.6. The van der Waals surface area contributed by atoms with Crippen LogP contribution in [-0.4, -0.2) is 23.3 Å². The second-order valence-corrected chi connectivity index (χ2v) is 5.74. The highest BCUT2D eigenvalue weighted by Gasteiger charge is 2.55. The standard InChI is InChI=1S/C14H19IO3/c1-3-4-6-11-7-8-12(16)14(11,9-5-10-15)13(17)18-2/h1,11H,4-10H2,2H3/t11-,14+/m0/s1. The average molecular weight is 362 g/mol. The Kier molecular flexibility index (Phi) is 6.13. The van der Waals surface area contributed by atoms with Crippen LogP contribution in [0.3, 0.4) is 0 Å². The van der Waals surface area contributed by atoms with Crippen LogP contribution in [0.5, 0.6) is 0 Å². The van der Waals surface area contributed by atoms with Gasteiger partial charge in [0.05, 0.1) is 7.11 Å². The lowest BCUT2D eigenvalue weighted by molar-refractivity contribution is -0.160. The zero-order valence-corrected chi connectivity index (χ0v) is 12.9. The van der Waals surface area contributed by atoms with E-state index < -0.39 is 5.41 Å². The second-order valence-electron chi connectivity index (χ2n) is 4.66. The molecule has 1 aliphatic carbocycles. The summed E-state index contributed by atoms with van der Waals surface area (Å²) < 4.78 is 5.84. The Bertz CT molecular complexity index is 359. The maximum atomic E-state index is 12.2. The highest BCUT2D eigenvalue weighted by molar-refractivity contribution is 14.1. The van der Waals surface area contributed by atoms with Gasteiger partial charge < -0.3 is 4.74 Å². The SMILES string of the molecule is C#CCC[C@H]1CCC(=O)[C@]1(CCCI)C(=O)OC. The Hall–Kier alpha value is -0.570. The number of rotatable bonds is 6.